The highest BCUT2D eigenvalue weighted by molar-refractivity contribution is 6.30. The van der Waals surface area contributed by atoms with Crippen LogP contribution in [0.15, 0.2) is 76.3 Å². The fourth-order valence-electron chi connectivity index (χ4n) is 4.89. The Morgan fingerprint density at radius 3 is 2.58 bits per heavy atom. The summed E-state index contributed by atoms with van der Waals surface area (Å²) in [6.45, 7) is 3.12. The number of benzene rings is 1. The summed E-state index contributed by atoms with van der Waals surface area (Å²) in [6, 6.07) is 10.9. The molecule has 2 aliphatic carbocycles. The SMILES string of the molecule is O=c1cc(OCc2ccc(Cl)cc2)ccn1C1=CC2=C(C=C(CN3CC[C@H](O)C3)CC2)CC1. The third-order valence-electron chi connectivity index (χ3n) is 6.69. The lowest BCUT2D eigenvalue weighted by Crippen LogP contribution is -2.25. The first-order valence-corrected chi connectivity index (χ1v) is 12.0. The van der Waals surface area contributed by atoms with Gasteiger partial charge in [0, 0.05) is 42.6 Å². The van der Waals surface area contributed by atoms with E-state index in [1.165, 1.54) is 16.7 Å². The Morgan fingerprint density at radius 1 is 1.03 bits per heavy atom. The van der Waals surface area contributed by atoms with Gasteiger partial charge in [-0.3, -0.25) is 14.3 Å². The lowest BCUT2D eigenvalue weighted by Gasteiger charge is -2.26. The van der Waals surface area contributed by atoms with Crippen molar-refractivity contribution in [1.82, 2.24) is 9.47 Å². The Kier molecular flexibility index (Phi) is 6.54. The molecule has 6 heteroatoms. The standard InChI is InChI=1S/C27H29ClN2O3/c28-23-6-2-19(3-7-23)18-33-26-10-12-30(27(32)15-26)24-8-5-21-13-20(1-4-22(21)14-24)16-29-11-9-25(31)17-29/h2-3,6-7,10,12-15,25,31H,1,4-5,8-9,11,16-18H2/t25-/m0/s1. The van der Waals surface area contributed by atoms with E-state index in [1.54, 1.807) is 10.6 Å². The molecule has 3 aliphatic rings. The van der Waals surface area contributed by atoms with Crippen LogP contribution in [0.3, 0.4) is 0 Å². The summed E-state index contributed by atoms with van der Waals surface area (Å²) in [6.07, 6.45) is 10.9. The van der Waals surface area contributed by atoms with Gasteiger partial charge < -0.3 is 9.84 Å². The molecule has 1 saturated heterocycles. The average Bonchev–Trinajstić information content (AvgIpc) is 3.23. The Bertz CT molecular complexity index is 1180. The highest BCUT2D eigenvalue weighted by atomic mass is 35.5. The van der Waals surface area contributed by atoms with Gasteiger partial charge >= 0.3 is 0 Å². The second kappa shape index (κ2) is 9.72. The van der Waals surface area contributed by atoms with Crippen molar-refractivity contribution in [3.63, 3.8) is 0 Å². The minimum Gasteiger partial charge on any atom is -0.489 e. The molecule has 2 heterocycles. The van der Waals surface area contributed by atoms with Crippen LogP contribution >= 0.6 is 11.6 Å². The van der Waals surface area contributed by atoms with Crippen molar-refractivity contribution in [2.45, 2.75) is 44.8 Å². The van der Waals surface area contributed by atoms with Crippen molar-refractivity contribution >= 4 is 17.3 Å². The first kappa shape index (κ1) is 22.2. The molecule has 0 bridgehead atoms. The van der Waals surface area contributed by atoms with E-state index in [-0.39, 0.29) is 11.7 Å². The molecule has 5 rings (SSSR count). The second-order valence-electron chi connectivity index (χ2n) is 9.15. The predicted molar refractivity (Wildman–Crippen MR) is 131 cm³/mol. The summed E-state index contributed by atoms with van der Waals surface area (Å²) >= 11 is 5.92. The molecular formula is C27H29ClN2O3. The predicted octanol–water partition coefficient (Wildman–Crippen LogP) is 4.80. The molecule has 1 fully saturated rings. The Morgan fingerprint density at radius 2 is 1.82 bits per heavy atom. The average molecular weight is 465 g/mol. The number of likely N-dealkylation sites (tertiary alicyclic amines) is 1. The molecule has 1 atom stereocenters. The molecule has 0 spiro atoms. The molecule has 0 unspecified atom stereocenters. The molecule has 0 radical (unpaired) electrons. The fourth-order valence-corrected chi connectivity index (χ4v) is 5.02. The molecule has 2 aromatic rings. The van der Waals surface area contributed by atoms with E-state index >= 15 is 0 Å². The zero-order valence-corrected chi connectivity index (χ0v) is 19.4. The Labute approximate surface area is 199 Å². The second-order valence-corrected chi connectivity index (χ2v) is 9.59. The number of aromatic nitrogens is 1. The molecule has 1 N–H and O–H groups in total. The minimum absolute atomic E-state index is 0.0708. The van der Waals surface area contributed by atoms with E-state index in [4.69, 9.17) is 16.3 Å². The zero-order valence-electron chi connectivity index (χ0n) is 18.7. The fraction of sp³-hybridized carbons (Fsp3) is 0.370. The monoisotopic (exact) mass is 464 g/mol. The van der Waals surface area contributed by atoms with E-state index in [9.17, 15) is 9.90 Å². The van der Waals surface area contributed by atoms with E-state index in [1.807, 2.05) is 36.5 Å². The van der Waals surface area contributed by atoms with Gasteiger partial charge in [0.25, 0.3) is 5.56 Å². The van der Waals surface area contributed by atoms with Crippen LogP contribution in [-0.2, 0) is 6.61 Å². The quantitative estimate of drug-likeness (QED) is 0.667. The van der Waals surface area contributed by atoms with Gasteiger partial charge in [0.15, 0.2) is 0 Å². The van der Waals surface area contributed by atoms with Crippen LogP contribution in [0.25, 0.3) is 5.70 Å². The zero-order chi connectivity index (χ0) is 22.8. The molecule has 1 aromatic heterocycles. The minimum atomic E-state index is -0.170. The van der Waals surface area contributed by atoms with Gasteiger partial charge in [-0.1, -0.05) is 35.4 Å². The van der Waals surface area contributed by atoms with E-state index in [0.29, 0.717) is 17.4 Å². The number of ether oxygens (including phenoxy) is 1. The van der Waals surface area contributed by atoms with Gasteiger partial charge in [-0.2, -0.15) is 0 Å². The van der Waals surface area contributed by atoms with Crippen LogP contribution in [0.1, 0.15) is 37.7 Å². The molecule has 172 valence electrons. The van der Waals surface area contributed by atoms with Crippen LogP contribution in [0.5, 0.6) is 5.75 Å². The molecule has 0 amide bonds. The van der Waals surface area contributed by atoms with E-state index < -0.39 is 0 Å². The summed E-state index contributed by atoms with van der Waals surface area (Å²) in [5, 5.41) is 10.5. The Hall–Kier alpha value is -2.60. The highest BCUT2D eigenvalue weighted by Crippen LogP contribution is 2.35. The molecular weight excluding hydrogens is 436 g/mol. The van der Waals surface area contributed by atoms with Crippen molar-refractivity contribution < 1.29 is 9.84 Å². The number of aliphatic hydroxyl groups excluding tert-OH is 1. The first-order chi connectivity index (χ1) is 16.0. The molecule has 0 saturated carbocycles. The number of halogens is 1. The van der Waals surface area contributed by atoms with Crippen molar-refractivity contribution in [3.05, 3.63) is 92.4 Å². The summed E-state index contributed by atoms with van der Waals surface area (Å²) in [5.74, 6) is 0.569. The maximum atomic E-state index is 12.8. The topological polar surface area (TPSA) is 54.7 Å². The number of hydrogen-bond donors (Lipinski definition) is 1. The number of pyridine rings is 1. The number of hydrogen-bond acceptors (Lipinski definition) is 4. The van der Waals surface area contributed by atoms with Gasteiger partial charge in [0.2, 0.25) is 0 Å². The normalized spacial score (nSPS) is 21.0. The first-order valence-electron chi connectivity index (χ1n) is 11.7. The van der Waals surface area contributed by atoms with Gasteiger partial charge in [0.05, 0.1) is 6.10 Å². The van der Waals surface area contributed by atoms with Crippen molar-refractivity contribution in [2.24, 2.45) is 0 Å². The molecule has 1 aliphatic heterocycles. The number of rotatable bonds is 6. The van der Waals surface area contributed by atoms with E-state index in [2.05, 4.69) is 17.1 Å². The van der Waals surface area contributed by atoms with Crippen molar-refractivity contribution in [3.8, 4) is 5.75 Å². The van der Waals surface area contributed by atoms with Crippen LogP contribution in [0.2, 0.25) is 5.02 Å². The molecule has 33 heavy (non-hydrogen) atoms. The summed E-state index contributed by atoms with van der Waals surface area (Å²) in [7, 11) is 0. The van der Waals surface area contributed by atoms with Gasteiger partial charge in [-0.15, -0.1) is 0 Å². The van der Waals surface area contributed by atoms with Crippen LogP contribution < -0.4 is 10.3 Å². The summed E-state index contributed by atoms with van der Waals surface area (Å²) < 4.78 is 7.54. The van der Waals surface area contributed by atoms with Gasteiger partial charge in [-0.05, 0) is 73.1 Å². The maximum Gasteiger partial charge on any atom is 0.258 e. The lowest BCUT2D eigenvalue weighted by atomic mass is 9.85. The van der Waals surface area contributed by atoms with Crippen LogP contribution in [0, 0.1) is 0 Å². The maximum absolute atomic E-state index is 12.8. The lowest BCUT2D eigenvalue weighted by molar-refractivity contribution is 0.179. The Balaban J connectivity index is 1.26. The highest BCUT2D eigenvalue weighted by Gasteiger charge is 2.23. The van der Waals surface area contributed by atoms with Crippen molar-refractivity contribution in [1.29, 1.82) is 0 Å². The summed E-state index contributed by atoms with van der Waals surface area (Å²) in [5.41, 5.74) is 6.18. The van der Waals surface area contributed by atoms with Crippen molar-refractivity contribution in [2.75, 3.05) is 19.6 Å². The van der Waals surface area contributed by atoms with Crippen LogP contribution in [0.4, 0.5) is 0 Å². The van der Waals surface area contributed by atoms with E-state index in [0.717, 1.165) is 63.0 Å². The third-order valence-corrected chi connectivity index (χ3v) is 6.94. The number of allylic oxidation sites excluding steroid dienone is 5. The summed E-state index contributed by atoms with van der Waals surface area (Å²) in [4.78, 5) is 15.1. The third kappa shape index (κ3) is 5.32. The number of β-amino-alcohol motifs (C(OH)–C–C–N with tert-alkyl or cyclic N) is 1. The van der Waals surface area contributed by atoms with Gasteiger partial charge in [0.1, 0.15) is 12.4 Å². The van der Waals surface area contributed by atoms with Crippen LogP contribution in [-0.4, -0.2) is 40.3 Å². The number of nitrogens with zero attached hydrogens (tertiary/aromatic N) is 2. The van der Waals surface area contributed by atoms with Gasteiger partial charge in [-0.25, -0.2) is 0 Å². The molecule has 5 nitrogen and oxygen atoms in total. The molecule has 1 aromatic carbocycles. The smallest absolute Gasteiger partial charge is 0.258 e. The largest absolute Gasteiger partial charge is 0.489 e. The number of aliphatic hydroxyl groups is 1.